The van der Waals surface area contributed by atoms with E-state index in [-0.39, 0.29) is 0 Å². The highest BCUT2D eigenvalue weighted by molar-refractivity contribution is 6.08. The highest BCUT2D eigenvalue weighted by atomic mass is 15.2. The molecular formula is C35H31N2+. The van der Waals surface area contributed by atoms with E-state index < -0.39 is 0 Å². The van der Waals surface area contributed by atoms with Crippen molar-refractivity contribution in [3.8, 4) is 28.2 Å². The summed E-state index contributed by atoms with van der Waals surface area (Å²) >= 11 is 0. The molecule has 0 fully saturated rings. The van der Waals surface area contributed by atoms with Crippen LogP contribution in [0.1, 0.15) is 31.9 Å². The molecule has 2 heteroatoms. The molecule has 2 nitrogen and oxygen atoms in total. The van der Waals surface area contributed by atoms with E-state index in [0.717, 1.165) is 12.8 Å². The van der Waals surface area contributed by atoms with Crippen LogP contribution in [0.4, 0.5) is 0 Å². The summed E-state index contributed by atoms with van der Waals surface area (Å²) in [7, 11) is 0. The van der Waals surface area contributed by atoms with Crippen LogP contribution in [0.3, 0.4) is 0 Å². The van der Waals surface area contributed by atoms with E-state index in [2.05, 4.69) is 139 Å². The zero-order chi connectivity index (χ0) is 24.9. The molecule has 0 unspecified atom stereocenters. The average Bonchev–Trinajstić information content (AvgIpc) is 3.33. The van der Waals surface area contributed by atoms with E-state index in [1.54, 1.807) is 0 Å². The van der Waals surface area contributed by atoms with Crippen molar-refractivity contribution < 1.29 is 4.57 Å². The summed E-state index contributed by atoms with van der Waals surface area (Å²) in [6.07, 6.45) is 4.62. The number of rotatable bonds is 4. The van der Waals surface area contributed by atoms with Crippen LogP contribution in [-0.2, 0) is 6.42 Å². The van der Waals surface area contributed by atoms with Gasteiger partial charge in [-0.15, -0.1) is 0 Å². The van der Waals surface area contributed by atoms with Gasteiger partial charge in [-0.25, -0.2) is 4.57 Å². The minimum Gasteiger partial charge on any atom is -0.226 e. The van der Waals surface area contributed by atoms with Gasteiger partial charge in [0.2, 0.25) is 6.33 Å². The van der Waals surface area contributed by atoms with Gasteiger partial charge in [-0.1, -0.05) is 117 Å². The predicted molar refractivity (Wildman–Crippen MR) is 154 cm³/mol. The molecule has 6 aromatic rings. The molecule has 0 N–H and O–H groups in total. The fraction of sp³-hybridized carbons (Fsp3) is 0.171. The number of hydrogen-bond acceptors (Lipinski definition) is 0. The maximum atomic E-state index is 2.58. The summed E-state index contributed by atoms with van der Waals surface area (Å²) in [6.45, 7) is 4.68. The van der Waals surface area contributed by atoms with E-state index in [4.69, 9.17) is 0 Å². The molecule has 37 heavy (non-hydrogen) atoms. The second kappa shape index (κ2) is 8.74. The van der Waals surface area contributed by atoms with Gasteiger partial charge in [0.1, 0.15) is 11.7 Å². The van der Waals surface area contributed by atoms with E-state index in [1.165, 1.54) is 55.3 Å². The molecule has 5 aromatic carbocycles. The molecule has 0 bridgehead atoms. The van der Waals surface area contributed by atoms with Crippen LogP contribution >= 0.6 is 0 Å². The molecule has 1 atom stereocenters. The van der Waals surface area contributed by atoms with Gasteiger partial charge in [-0.2, -0.15) is 4.57 Å². The van der Waals surface area contributed by atoms with Gasteiger partial charge >= 0.3 is 0 Å². The monoisotopic (exact) mass is 479 g/mol. The van der Waals surface area contributed by atoms with Crippen molar-refractivity contribution in [2.24, 2.45) is 5.92 Å². The van der Waals surface area contributed by atoms with Gasteiger partial charge in [0.15, 0.2) is 11.4 Å². The van der Waals surface area contributed by atoms with Crippen LogP contribution < -0.4 is 4.57 Å². The quantitative estimate of drug-likeness (QED) is 0.177. The minimum absolute atomic E-state index is 0.426. The third-order valence-electron chi connectivity index (χ3n) is 7.86. The molecule has 1 aromatic heterocycles. The largest absolute Gasteiger partial charge is 0.250 e. The Labute approximate surface area is 218 Å². The summed E-state index contributed by atoms with van der Waals surface area (Å²) in [6, 6.07) is 40.3. The van der Waals surface area contributed by atoms with Gasteiger partial charge < -0.3 is 0 Å². The first-order valence-electron chi connectivity index (χ1n) is 13.4. The van der Waals surface area contributed by atoms with Crippen molar-refractivity contribution in [1.82, 2.24) is 4.57 Å². The Morgan fingerprint density at radius 1 is 0.757 bits per heavy atom. The number of imidazole rings is 1. The maximum absolute atomic E-state index is 2.58. The topological polar surface area (TPSA) is 8.81 Å². The van der Waals surface area contributed by atoms with Crippen molar-refractivity contribution >= 4 is 21.5 Å². The lowest BCUT2D eigenvalue weighted by Crippen LogP contribution is -2.44. The van der Waals surface area contributed by atoms with Gasteiger partial charge in [0.25, 0.3) is 0 Å². The summed E-state index contributed by atoms with van der Waals surface area (Å²) in [5.41, 5.74) is 7.90. The summed E-state index contributed by atoms with van der Waals surface area (Å²) in [5.74, 6) is 0.623. The lowest BCUT2D eigenvalue weighted by molar-refractivity contribution is -0.715. The second-order valence-electron chi connectivity index (χ2n) is 10.8. The molecule has 7 rings (SSSR count). The number of benzene rings is 5. The first-order valence-corrected chi connectivity index (χ1v) is 13.4. The molecule has 0 radical (unpaired) electrons. The standard InChI is InChI=1S/C35H31N2/c1-24(2)20-29-22-28-16-8-11-19-32(28)35-33(25-12-4-3-5-13-25)37(23-36(29)35)34-30-17-9-6-14-26(30)21-27-15-7-10-18-31(27)34/h3-19,21,23-24,29H,20,22H2,1-2H3/q+1/t29-/m0/s1. The van der Waals surface area contributed by atoms with E-state index in [0.29, 0.717) is 12.0 Å². The molecule has 0 amide bonds. The van der Waals surface area contributed by atoms with Crippen LogP contribution in [0.5, 0.6) is 0 Å². The smallest absolute Gasteiger partial charge is 0.226 e. The van der Waals surface area contributed by atoms with Crippen LogP contribution in [0.2, 0.25) is 0 Å². The van der Waals surface area contributed by atoms with Crippen LogP contribution in [-0.4, -0.2) is 4.57 Å². The lowest BCUT2D eigenvalue weighted by atomic mass is 9.88. The molecular weight excluding hydrogens is 448 g/mol. The number of aromatic nitrogens is 2. The molecule has 180 valence electrons. The normalized spacial score (nSPS) is 14.7. The molecule has 1 aliphatic rings. The third kappa shape index (κ3) is 3.59. The van der Waals surface area contributed by atoms with E-state index >= 15 is 0 Å². The first-order chi connectivity index (χ1) is 18.2. The molecule has 0 aliphatic carbocycles. The fourth-order valence-electron chi connectivity index (χ4n) is 6.33. The van der Waals surface area contributed by atoms with Crippen LogP contribution in [0.15, 0.2) is 116 Å². The summed E-state index contributed by atoms with van der Waals surface area (Å²) in [4.78, 5) is 0. The Bertz CT molecular complexity index is 1700. The molecule has 1 aliphatic heterocycles. The number of fused-ring (bicyclic) bond motifs is 5. The molecule has 0 saturated heterocycles. The summed E-state index contributed by atoms with van der Waals surface area (Å²) in [5, 5.41) is 5.09. The molecule has 2 heterocycles. The fourth-order valence-corrected chi connectivity index (χ4v) is 6.33. The van der Waals surface area contributed by atoms with Crippen molar-refractivity contribution in [2.45, 2.75) is 32.7 Å². The highest BCUT2D eigenvalue weighted by Crippen LogP contribution is 2.42. The Hall–Kier alpha value is -4.17. The van der Waals surface area contributed by atoms with E-state index in [9.17, 15) is 0 Å². The van der Waals surface area contributed by atoms with Gasteiger partial charge in [0.05, 0.1) is 0 Å². The van der Waals surface area contributed by atoms with Gasteiger partial charge in [-0.05, 0) is 34.7 Å². The van der Waals surface area contributed by atoms with Gasteiger partial charge in [0, 0.05) is 28.3 Å². The Balaban J connectivity index is 1.65. The Kier molecular flexibility index (Phi) is 5.21. The molecule has 0 spiro atoms. The zero-order valence-corrected chi connectivity index (χ0v) is 21.4. The first kappa shape index (κ1) is 22.1. The number of nitrogens with zero attached hydrogens (tertiary/aromatic N) is 2. The van der Waals surface area contributed by atoms with Crippen LogP contribution in [0.25, 0.3) is 49.7 Å². The predicted octanol–water partition coefficient (Wildman–Crippen LogP) is 8.55. The van der Waals surface area contributed by atoms with E-state index in [1.807, 2.05) is 0 Å². The number of hydrogen-bond donors (Lipinski definition) is 0. The van der Waals surface area contributed by atoms with Crippen molar-refractivity contribution in [1.29, 1.82) is 0 Å². The molecule has 0 saturated carbocycles. The SMILES string of the molecule is CC(C)C[C@H]1Cc2ccccc2-c2c(-c3ccccc3)n(-c3c4ccccc4cc4ccccc34)c[n+]21. The average molecular weight is 480 g/mol. The maximum Gasteiger partial charge on any atom is 0.250 e. The second-order valence-corrected chi connectivity index (χ2v) is 10.8. The minimum atomic E-state index is 0.426. The third-order valence-corrected chi connectivity index (χ3v) is 7.86. The van der Waals surface area contributed by atoms with Crippen molar-refractivity contribution in [3.63, 3.8) is 0 Å². The van der Waals surface area contributed by atoms with Crippen molar-refractivity contribution in [2.75, 3.05) is 0 Å². The Morgan fingerprint density at radius 3 is 2.08 bits per heavy atom. The van der Waals surface area contributed by atoms with Crippen LogP contribution in [0, 0.1) is 5.92 Å². The lowest BCUT2D eigenvalue weighted by Gasteiger charge is -2.24. The zero-order valence-electron chi connectivity index (χ0n) is 21.4. The van der Waals surface area contributed by atoms with Gasteiger partial charge in [-0.3, -0.25) is 0 Å². The highest BCUT2D eigenvalue weighted by Gasteiger charge is 2.37. The van der Waals surface area contributed by atoms with Crippen molar-refractivity contribution in [3.05, 3.63) is 121 Å². The summed E-state index contributed by atoms with van der Waals surface area (Å²) < 4.78 is 5.08. The Morgan fingerprint density at radius 2 is 1.38 bits per heavy atom.